The first-order valence-electron chi connectivity index (χ1n) is 7.72. The fourth-order valence-electron chi connectivity index (χ4n) is 2.26. The maximum absolute atomic E-state index is 12.3. The number of hydrogen-bond donors (Lipinski definition) is 1. The van der Waals surface area contributed by atoms with Crippen molar-refractivity contribution < 1.29 is 19.4 Å². The van der Waals surface area contributed by atoms with Crippen LogP contribution in [0.4, 0.5) is 5.69 Å². The van der Waals surface area contributed by atoms with E-state index in [0.29, 0.717) is 12.2 Å². The maximum atomic E-state index is 12.3. The number of ether oxygens (including phenoxy) is 1. The Hall–Kier alpha value is -2.34. The fraction of sp³-hybridized carbons (Fsp3) is 0.333. The number of aliphatic carboxylic acids is 1. The van der Waals surface area contributed by atoms with Crippen LogP contribution in [0.15, 0.2) is 36.4 Å². The number of carbonyl (C=O) groups excluding carboxylic acids is 1. The van der Waals surface area contributed by atoms with Crippen LogP contribution in [-0.2, 0) is 16.0 Å². The molecule has 2 aromatic rings. The van der Waals surface area contributed by atoms with Gasteiger partial charge in [-0.3, -0.25) is 4.79 Å². The SMILES string of the molecule is Cc1ccc(CCCC(=O)N(C)c2ccc(OCC(=O)O)cc2)s1. The first-order valence-corrected chi connectivity index (χ1v) is 8.54. The van der Waals surface area contributed by atoms with Crippen LogP contribution < -0.4 is 9.64 Å². The van der Waals surface area contributed by atoms with Crippen molar-refractivity contribution in [1.29, 1.82) is 0 Å². The number of hydrogen-bond acceptors (Lipinski definition) is 4. The number of amides is 1. The molecule has 6 heteroatoms. The Labute approximate surface area is 145 Å². The number of carboxylic acid groups (broad SMARTS) is 1. The molecule has 2 rings (SSSR count). The van der Waals surface area contributed by atoms with Gasteiger partial charge in [0.25, 0.3) is 0 Å². The third kappa shape index (κ3) is 5.38. The molecule has 0 radical (unpaired) electrons. The molecule has 128 valence electrons. The summed E-state index contributed by atoms with van der Waals surface area (Å²) in [7, 11) is 1.74. The summed E-state index contributed by atoms with van der Waals surface area (Å²) in [5, 5.41) is 8.58. The molecule has 0 saturated heterocycles. The summed E-state index contributed by atoms with van der Waals surface area (Å²) >= 11 is 1.77. The van der Waals surface area contributed by atoms with Gasteiger partial charge < -0.3 is 14.7 Å². The van der Waals surface area contributed by atoms with E-state index in [1.807, 2.05) is 0 Å². The molecule has 0 unspecified atom stereocenters. The molecule has 0 fully saturated rings. The lowest BCUT2D eigenvalue weighted by atomic mass is 10.2. The number of nitrogens with zero attached hydrogens (tertiary/aromatic N) is 1. The summed E-state index contributed by atoms with van der Waals surface area (Å²) < 4.78 is 5.08. The highest BCUT2D eigenvalue weighted by Gasteiger charge is 2.11. The molecular weight excluding hydrogens is 326 g/mol. The van der Waals surface area contributed by atoms with E-state index in [1.54, 1.807) is 47.5 Å². The average molecular weight is 347 g/mol. The first-order chi connectivity index (χ1) is 11.5. The van der Waals surface area contributed by atoms with Crippen molar-refractivity contribution in [3.8, 4) is 5.75 Å². The van der Waals surface area contributed by atoms with Crippen LogP contribution in [0.1, 0.15) is 22.6 Å². The van der Waals surface area contributed by atoms with Crippen molar-refractivity contribution in [3.05, 3.63) is 46.2 Å². The van der Waals surface area contributed by atoms with E-state index in [0.717, 1.165) is 18.5 Å². The van der Waals surface area contributed by atoms with Crippen LogP contribution in [0, 0.1) is 6.92 Å². The number of benzene rings is 1. The number of aryl methyl sites for hydroxylation is 2. The monoisotopic (exact) mass is 347 g/mol. The first kappa shape index (κ1) is 18.0. The van der Waals surface area contributed by atoms with Gasteiger partial charge in [0.1, 0.15) is 5.75 Å². The predicted molar refractivity (Wildman–Crippen MR) is 95.0 cm³/mol. The smallest absolute Gasteiger partial charge is 0.341 e. The van der Waals surface area contributed by atoms with Crippen molar-refractivity contribution in [2.75, 3.05) is 18.6 Å². The topological polar surface area (TPSA) is 66.8 Å². The van der Waals surface area contributed by atoms with Crippen LogP contribution in [-0.4, -0.2) is 30.6 Å². The van der Waals surface area contributed by atoms with Crippen LogP contribution in [0.3, 0.4) is 0 Å². The summed E-state index contributed by atoms with van der Waals surface area (Å²) in [5.74, 6) is -0.496. The predicted octanol–water partition coefficient (Wildman–Crippen LogP) is 3.51. The maximum Gasteiger partial charge on any atom is 0.341 e. The Morgan fingerprint density at radius 2 is 1.88 bits per heavy atom. The van der Waals surface area contributed by atoms with Gasteiger partial charge in [0.15, 0.2) is 6.61 Å². The van der Waals surface area contributed by atoms with E-state index in [-0.39, 0.29) is 12.5 Å². The Kier molecular flexibility index (Phi) is 6.37. The van der Waals surface area contributed by atoms with Crippen molar-refractivity contribution >= 4 is 28.9 Å². The van der Waals surface area contributed by atoms with Crippen molar-refractivity contribution in [2.45, 2.75) is 26.2 Å². The molecule has 0 spiro atoms. The van der Waals surface area contributed by atoms with Gasteiger partial charge in [0.2, 0.25) is 5.91 Å². The van der Waals surface area contributed by atoms with Crippen LogP contribution in [0.5, 0.6) is 5.75 Å². The molecule has 1 N–H and O–H groups in total. The van der Waals surface area contributed by atoms with Gasteiger partial charge >= 0.3 is 5.97 Å². The van der Waals surface area contributed by atoms with Gasteiger partial charge in [-0.2, -0.15) is 0 Å². The second-order valence-electron chi connectivity index (χ2n) is 5.49. The van der Waals surface area contributed by atoms with E-state index in [9.17, 15) is 9.59 Å². The molecule has 0 saturated carbocycles. The van der Waals surface area contributed by atoms with E-state index in [4.69, 9.17) is 9.84 Å². The molecule has 0 aliphatic rings. The number of carboxylic acids is 1. The summed E-state index contributed by atoms with van der Waals surface area (Å²) in [4.78, 5) is 26.9. The molecular formula is C18H21NO4S. The minimum absolute atomic E-state index is 0.0579. The number of thiophene rings is 1. The average Bonchev–Trinajstić information content (AvgIpc) is 2.98. The zero-order valence-electron chi connectivity index (χ0n) is 13.8. The fourth-order valence-corrected chi connectivity index (χ4v) is 3.19. The lowest BCUT2D eigenvalue weighted by molar-refractivity contribution is -0.139. The van der Waals surface area contributed by atoms with E-state index < -0.39 is 5.97 Å². The lowest BCUT2D eigenvalue weighted by Gasteiger charge is -2.17. The van der Waals surface area contributed by atoms with Crippen LogP contribution in [0.2, 0.25) is 0 Å². The van der Waals surface area contributed by atoms with Crippen LogP contribution >= 0.6 is 11.3 Å². The molecule has 24 heavy (non-hydrogen) atoms. The van der Waals surface area contributed by atoms with E-state index in [1.165, 1.54) is 9.75 Å². The normalized spacial score (nSPS) is 10.4. The minimum atomic E-state index is -1.02. The minimum Gasteiger partial charge on any atom is -0.482 e. The molecule has 0 bridgehead atoms. The highest BCUT2D eigenvalue weighted by Crippen LogP contribution is 2.21. The highest BCUT2D eigenvalue weighted by molar-refractivity contribution is 7.11. The van der Waals surface area contributed by atoms with Gasteiger partial charge in [-0.25, -0.2) is 4.79 Å². The molecule has 0 atom stereocenters. The second-order valence-corrected chi connectivity index (χ2v) is 6.87. The third-order valence-electron chi connectivity index (χ3n) is 3.57. The van der Waals surface area contributed by atoms with Gasteiger partial charge in [0.05, 0.1) is 0 Å². The molecule has 1 aromatic carbocycles. The largest absolute Gasteiger partial charge is 0.482 e. The summed E-state index contributed by atoms with van der Waals surface area (Å²) in [6.07, 6.45) is 2.23. The van der Waals surface area contributed by atoms with E-state index in [2.05, 4.69) is 19.1 Å². The summed E-state index contributed by atoms with van der Waals surface area (Å²) in [5.41, 5.74) is 0.759. The quantitative estimate of drug-likeness (QED) is 0.793. The summed E-state index contributed by atoms with van der Waals surface area (Å²) in [6, 6.07) is 11.0. The zero-order valence-corrected chi connectivity index (χ0v) is 14.6. The zero-order chi connectivity index (χ0) is 17.5. The van der Waals surface area contributed by atoms with Crippen LogP contribution in [0.25, 0.3) is 0 Å². The second kappa shape index (κ2) is 8.49. The Morgan fingerprint density at radius 1 is 1.17 bits per heavy atom. The van der Waals surface area contributed by atoms with Crippen molar-refractivity contribution in [2.24, 2.45) is 0 Å². The third-order valence-corrected chi connectivity index (χ3v) is 4.63. The molecule has 1 heterocycles. The molecule has 0 aliphatic heterocycles. The van der Waals surface area contributed by atoms with Gasteiger partial charge in [-0.1, -0.05) is 0 Å². The van der Waals surface area contributed by atoms with Gasteiger partial charge in [-0.15, -0.1) is 11.3 Å². The van der Waals surface area contributed by atoms with E-state index >= 15 is 0 Å². The standard InChI is InChI=1S/C18H21NO4S/c1-13-6-11-16(24-13)4-3-5-17(20)19(2)14-7-9-15(10-8-14)23-12-18(21)22/h6-11H,3-5,12H2,1-2H3,(H,21,22). The number of anilines is 1. The molecule has 1 aromatic heterocycles. The van der Waals surface area contributed by atoms with Crippen molar-refractivity contribution in [3.63, 3.8) is 0 Å². The molecule has 1 amide bonds. The summed E-state index contributed by atoms with van der Waals surface area (Å²) in [6.45, 7) is 1.70. The lowest BCUT2D eigenvalue weighted by Crippen LogP contribution is -2.25. The van der Waals surface area contributed by atoms with Gasteiger partial charge in [0, 0.05) is 28.9 Å². The van der Waals surface area contributed by atoms with Gasteiger partial charge in [-0.05, 0) is 56.2 Å². The number of carbonyl (C=O) groups is 2. The molecule has 0 aliphatic carbocycles. The highest BCUT2D eigenvalue weighted by atomic mass is 32.1. The van der Waals surface area contributed by atoms with Crippen molar-refractivity contribution in [1.82, 2.24) is 0 Å². The Morgan fingerprint density at radius 3 is 2.46 bits per heavy atom. The Balaban J connectivity index is 1.82. The Bertz CT molecular complexity index is 693. The number of rotatable bonds is 8. The molecule has 5 nitrogen and oxygen atoms in total.